The molecule has 1 aliphatic carbocycles. The maximum Gasteiger partial charge on any atom is 0.254 e. The van der Waals surface area contributed by atoms with Crippen LogP contribution in [-0.2, 0) is 6.54 Å². The zero-order valence-corrected chi connectivity index (χ0v) is 10.9. The molecule has 3 heteroatoms. The number of hydrogen-bond donors (Lipinski definition) is 1. The molecular formula is C15H20N2O. The Balaban J connectivity index is 1.90. The van der Waals surface area contributed by atoms with Gasteiger partial charge in [-0.25, -0.2) is 0 Å². The number of anilines is 1. The third kappa shape index (κ3) is 1.69. The summed E-state index contributed by atoms with van der Waals surface area (Å²) in [6, 6.07) is 6.07. The molecule has 1 amide bonds. The van der Waals surface area contributed by atoms with Crippen LogP contribution in [0.1, 0.15) is 48.5 Å². The van der Waals surface area contributed by atoms with E-state index in [1.807, 2.05) is 23.1 Å². The van der Waals surface area contributed by atoms with Gasteiger partial charge in [0.05, 0.1) is 0 Å². The molecule has 96 valence electrons. The van der Waals surface area contributed by atoms with Crippen molar-refractivity contribution in [1.29, 1.82) is 0 Å². The molecule has 18 heavy (non-hydrogen) atoms. The van der Waals surface area contributed by atoms with E-state index in [9.17, 15) is 4.79 Å². The van der Waals surface area contributed by atoms with E-state index in [2.05, 4.69) is 6.92 Å². The van der Waals surface area contributed by atoms with Crippen LogP contribution >= 0.6 is 0 Å². The van der Waals surface area contributed by atoms with Gasteiger partial charge in [0.25, 0.3) is 5.91 Å². The number of nitrogen functional groups attached to an aromatic ring is 1. The zero-order valence-electron chi connectivity index (χ0n) is 10.9. The molecule has 1 heterocycles. The maximum absolute atomic E-state index is 12.5. The van der Waals surface area contributed by atoms with Gasteiger partial charge in [-0.1, -0.05) is 25.8 Å². The number of nitrogens with two attached hydrogens (primary N) is 1. The summed E-state index contributed by atoms with van der Waals surface area (Å²) in [5.74, 6) is 0.786. The van der Waals surface area contributed by atoms with E-state index in [1.165, 1.54) is 19.3 Å². The van der Waals surface area contributed by atoms with Crippen LogP contribution in [0.25, 0.3) is 0 Å². The van der Waals surface area contributed by atoms with Gasteiger partial charge in [-0.15, -0.1) is 0 Å². The highest BCUT2D eigenvalue weighted by atomic mass is 16.2. The second-order valence-corrected chi connectivity index (χ2v) is 5.64. The van der Waals surface area contributed by atoms with Crippen molar-refractivity contribution < 1.29 is 4.79 Å². The number of amides is 1. The summed E-state index contributed by atoms with van der Waals surface area (Å²) in [4.78, 5) is 14.5. The van der Waals surface area contributed by atoms with Crippen molar-refractivity contribution in [1.82, 2.24) is 4.90 Å². The Kier molecular flexibility index (Phi) is 2.77. The highest BCUT2D eigenvalue weighted by molar-refractivity contribution is 6.00. The number of rotatable bonds is 1. The summed E-state index contributed by atoms with van der Waals surface area (Å²) in [7, 11) is 0. The summed E-state index contributed by atoms with van der Waals surface area (Å²) in [6.45, 7) is 2.97. The Morgan fingerprint density at radius 1 is 1.28 bits per heavy atom. The zero-order chi connectivity index (χ0) is 12.7. The first-order valence-corrected chi connectivity index (χ1v) is 6.87. The van der Waals surface area contributed by atoms with E-state index in [0.29, 0.717) is 18.5 Å². The highest BCUT2D eigenvalue weighted by Gasteiger charge is 2.36. The minimum Gasteiger partial charge on any atom is -0.398 e. The van der Waals surface area contributed by atoms with Crippen LogP contribution in [0.4, 0.5) is 5.69 Å². The lowest BCUT2D eigenvalue weighted by Crippen LogP contribution is -2.41. The summed E-state index contributed by atoms with van der Waals surface area (Å²) in [5.41, 5.74) is 8.58. The fourth-order valence-electron chi connectivity index (χ4n) is 3.41. The summed E-state index contributed by atoms with van der Waals surface area (Å²) in [5, 5.41) is 0. The maximum atomic E-state index is 12.5. The molecule has 2 N–H and O–H groups in total. The fraction of sp³-hybridized carbons (Fsp3) is 0.533. The van der Waals surface area contributed by atoms with Gasteiger partial charge < -0.3 is 10.6 Å². The van der Waals surface area contributed by atoms with E-state index in [1.54, 1.807) is 0 Å². The van der Waals surface area contributed by atoms with Crippen LogP contribution in [0, 0.1) is 5.92 Å². The van der Waals surface area contributed by atoms with Crippen molar-refractivity contribution in [3.8, 4) is 0 Å². The van der Waals surface area contributed by atoms with E-state index in [0.717, 1.165) is 23.2 Å². The monoisotopic (exact) mass is 244 g/mol. The fourth-order valence-corrected chi connectivity index (χ4v) is 3.41. The molecule has 2 atom stereocenters. The topological polar surface area (TPSA) is 46.3 Å². The van der Waals surface area contributed by atoms with Crippen LogP contribution in [0.5, 0.6) is 0 Å². The molecular weight excluding hydrogens is 224 g/mol. The minimum atomic E-state index is 0.177. The normalized spacial score (nSPS) is 27.4. The first kappa shape index (κ1) is 11.6. The molecule has 3 rings (SSSR count). The lowest BCUT2D eigenvalue weighted by Gasteiger charge is -2.36. The predicted octanol–water partition coefficient (Wildman–Crippen LogP) is 2.80. The van der Waals surface area contributed by atoms with Gasteiger partial charge in [-0.05, 0) is 30.9 Å². The quantitative estimate of drug-likeness (QED) is 0.772. The largest absolute Gasteiger partial charge is 0.398 e. The summed E-state index contributed by atoms with van der Waals surface area (Å²) < 4.78 is 0. The average molecular weight is 244 g/mol. The molecule has 0 spiro atoms. The molecule has 3 nitrogen and oxygen atoms in total. The van der Waals surface area contributed by atoms with Crippen molar-refractivity contribution in [2.45, 2.75) is 45.2 Å². The second-order valence-electron chi connectivity index (χ2n) is 5.64. The molecule has 1 aliphatic heterocycles. The van der Waals surface area contributed by atoms with Crippen LogP contribution < -0.4 is 5.73 Å². The molecule has 0 saturated heterocycles. The molecule has 0 aromatic heterocycles. The van der Waals surface area contributed by atoms with Gasteiger partial charge >= 0.3 is 0 Å². The lowest BCUT2D eigenvalue weighted by molar-refractivity contribution is 0.0579. The minimum absolute atomic E-state index is 0.177. The number of fused-ring (bicyclic) bond motifs is 1. The van der Waals surface area contributed by atoms with Crippen LogP contribution in [-0.4, -0.2) is 16.8 Å². The third-order valence-electron chi connectivity index (χ3n) is 4.50. The van der Waals surface area contributed by atoms with Crippen molar-refractivity contribution >= 4 is 11.6 Å². The van der Waals surface area contributed by atoms with Gasteiger partial charge in [0, 0.05) is 29.4 Å². The van der Waals surface area contributed by atoms with Crippen LogP contribution in [0.3, 0.4) is 0 Å². The molecule has 2 aliphatic rings. The third-order valence-corrected chi connectivity index (χ3v) is 4.50. The van der Waals surface area contributed by atoms with E-state index in [-0.39, 0.29) is 5.91 Å². The van der Waals surface area contributed by atoms with Crippen molar-refractivity contribution in [3.63, 3.8) is 0 Å². The first-order valence-electron chi connectivity index (χ1n) is 6.87. The Hall–Kier alpha value is -1.51. The predicted molar refractivity (Wildman–Crippen MR) is 72.1 cm³/mol. The molecule has 1 fully saturated rings. The van der Waals surface area contributed by atoms with Gasteiger partial charge in [-0.2, -0.15) is 0 Å². The summed E-state index contributed by atoms with van der Waals surface area (Å²) >= 11 is 0. The molecule has 1 saturated carbocycles. The Morgan fingerprint density at radius 3 is 2.78 bits per heavy atom. The number of nitrogens with zero attached hydrogens (tertiary/aromatic N) is 1. The number of carbonyl (C=O) groups excluding carboxylic acids is 1. The van der Waals surface area contributed by atoms with Gasteiger partial charge in [0.1, 0.15) is 0 Å². The van der Waals surface area contributed by atoms with Crippen LogP contribution in [0.2, 0.25) is 0 Å². The highest BCUT2D eigenvalue weighted by Crippen LogP contribution is 2.35. The molecule has 0 bridgehead atoms. The van der Waals surface area contributed by atoms with E-state index >= 15 is 0 Å². The van der Waals surface area contributed by atoms with E-state index < -0.39 is 0 Å². The standard InChI is InChI=1S/C15H20N2O/c1-10-5-2-3-8-14(10)17-9-12-11(15(17)18)6-4-7-13(12)16/h4,6-7,10,14H,2-3,5,8-9,16H2,1H3. The molecule has 1 aromatic carbocycles. The number of hydrogen-bond acceptors (Lipinski definition) is 2. The smallest absolute Gasteiger partial charge is 0.254 e. The Labute approximate surface area is 108 Å². The van der Waals surface area contributed by atoms with Gasteiger partial charge in [-0.3, -0.25) is 4.79 Å². The summed E-state index contributed by atoms with van der Waals surface area (Å²) in [6.07, 6.45) is 4.92. The molecule has 0 radical (unpaired) electrons. The van der Waals surface area contributed by atoms with E-state index in [4.69, 9.17) is 5.73 Å². The number of carbonyl (C=O) groups is 1. The van der Waals surface area contributed by atoms with Gasteiger partial charge in [0.2, 0.25) is 0 Å². The van der Waals surface area contributed by atoms with Crippen molar-refractivity contribution in [2.24, 2.45) is 5.92 Å². The lowest BCUT2D eigenvalue weighted by atomic mass is 9.85. The second kappa shape index (κ2) is 4.30. The average Bonchev–Trinajstić information content (AvgIpc) is 2.70. The Morgan fingerprint density at radius 2 is 2.06 bits per heavy atom. The first-order chi connectivity index (χ1) is 8.68. The SMILES string of the molecule is CC1CCCCC1N1Cc2c(N)cccc2C1=O. The Bertz CT molecular complexity index is 483. The van der Waals surface area contributed by atoms with Crippen LogP contribution in [0.15, 0.2) is 18.2 Å². The molecule has 2 unspecified atom stereocenters. The molecule has 1 aromatic rings. The van der Waals surface area contributed by atoms with Gasteiger partial charge in [0.15, 0.2) is 0 Å². The number of benzene rings is 1. The van der Waals surface area contributed by atoms with Crippen molar-refractivity contribution in [2.75, 3.05) is 5.73 Å². The van der Waals surface area contributed by atoms with Crippen molar-refractivity contribution in [3.05, 3.63) is 29.3 Å².